The summed E-state index contributed by atoms with van der Waals surface area (Å²) in [6.07, 6.45) is 5.53. The van der Waals surface area contributed by atoms with Crippen LogP contribution in [-0.2, 0) is 0 Å². The Balaban J connectivity index is 1.46. The number of nitrogens with zero attached hydrogens (tertiary/aromatic N) is 5. The molecule has 0 saturated carbocycles. The zero-order valence-electron chi connectivity index (χ0n) is 14.3. The van der Waals surface area contributed by atoms with Crippen molar-refractivity contribution in [2.24, 2.45) is 0 Å². The van der Waals surface area contributed by atoms with E-state index in [2.05, 4.69) is 25.7 Å². The second-order valence-corrected chi connectivity index (χ2v) is 6.29. The highest BCUT2D eigenvalue weighted by molar-refractivity contribution is 5.94. The number of carbonyl (C=O) groups excluding carboxylic acids is 1. The molecule has 1 saturated heterocycles. The number of carbonyl (C=O) groups is 1. The molecule has 26 heavy (non-hydrogen) atoms. The number of rotatable bonds is 6. The normalized spacial score (nSPS) is 15.8. The second kappa shape index (κ2) is 7.49. The number of tetrazole rings is 1. The van der Waals surface area contributed by atoms with Gasteiger partial charge >= 0.3 is 0 Å². The van der Waals surface area contributed by atoms with Crippen molar-refractivity contribution in [3.8, 4) is 5.69 Å². The van der Waals surface area contributed by atoms with Gasteiger partial charge in [-0.2, -0.15) is 0 Å². The lowest BCUT2D eigenvalue weighted by atomic mass is 10.1. The molecule has 1 atom stereocenters. The average molecular weight is 352 g/mol. The van der Waals surface area contributed by atoms with Gasteiger partial charge in [0.1, 0.15) is 12.1 Å². The molecule has 1 aromatic carbocycles. The van der Waals surface area contributed by atoms with Gasteiger partial charge in [0, 0.05) is 12.1 Å². The number of hydrogen-bond acceptors (Lipinski definition) is 6. The minimum Gasteiger partial charge on any atom is -0.468 e. The molecule has 1 fully saturated rings. The maximum Gasteiger partial charge on any atom is 0.251 e. The Hall–Kier alpha value is -3.00. The summed E-state index contributed by atoms with van der Waals surface area (Å²) >= 11 is 0. The average Bonchev–Trinajstić information content (AvgIpc) is 3.45. The summed E-state index contributed by atoms with van der Waals surface area (Å²) in [5, 5.41) is 14.1. The second-order valence-electron chi connectivity index (χ2n) is 6.29. The summed E-state index contributed by atoms with van der Waals surface area (Å²) in [4.78, 5) is 15.0. The van der Waals surface area contributed by atoms with E-state index in [0.29, 0.717) is 12.1 Å². The van der Waals surface area contributed by atoms with Crippen molar-refractivity contribution in [2.75, 3.05) is 19.6 Å². The molecule has 4 rings (SSSR count). The minimum atomic E-state index is -0.129. The van der Waals surface area contributed by atoms with Gasteiger partial charge in [-0.3, -0.25) is 9.69 Å². The Morgan fingerprint density at radius 1 is 1.23 bits per heavy atom. The molecule has 1 aliphatic rings. The lowest BCUT2D eigenvalue weighted by Crippen LogP contribution is -2.36. The molecule has 0 bridgehead atoms. The van der Waals surface area contributed by atoms with E-state index in [9.17, 15) is 4.79 Å². The van der Waals surface area contributed by atoms with Crippen molar-refractivity contribution in [3.63, 3.8) is 0 Å². The van der Waals surface area contributed by atoms with Crippen LogP contribution in [0.15, 0.2) is 53.4 Å². The number of hydrogen-bond donors (Lipinski definition) is 1. The van der Waals surface area contributed by atoms with E-state index >= 15 is 0 Å². The van der Waals surface area contributed by atoms with Crippen LogP contribution in [0.2, 0.25) is 0 Å². The number of amides is 1. The fraction of sp³-hybridized carbons (Fsp3) is 0.333. The lowest BCUT2D eigenvalue weighted by Gasteiger charge is -2.26. The topological polar surface area (TPSA) is 89.1 Å². The van der Waals surface area contributed by atoms with Gasteiger partial charge in [0.2, 0.25) is 0 Å². The highest BCUT2D eigenvalue weighted by atomic mass is 16.3. The SMILES string of the molecule is O=C(NC[C@@H](c1ccco1)N1CCCC1)c1cccc(-n2cnnn2)c1. The van der Waals surface area contributed by atoms with Crippen LogP contribution in [0.25, 0.3) is 5.69 Å². The Bertz CT molecular complexity index is 840. The van der Waals surface area contributed by atoms with Gasteiger partial charge in [0.25, 0.3) is 5.91 Å². The van der Waals surface area contributed by atoms with Gasteiger partial charge in [-0.1, -0.05) is 6.07 Å². The molecule has 0 spiro atoms. The van der Waals surface area contributed by atoms with Crippen LogP contribution in [0.1, 0.15) is 35.0 Å². The van der Waals surface area contributed by atoms with Crippen LogP contribution in [0.5, 0.6) is 0 Å². The van der Waals surface area contributed by atoms with Crippen LogP contribution in [0.3, 0.4) is 0 Å². The van der Waals surface area contributed by atoms with Crippen LogP contribution < -0.4 is 5.32 Å². The molecular weight excluding hydrogens is 332 g/mol. The molecule has 8 nitrogen and oxygen atoms in total. The van der Waals surface area contributed by atoms with Gasteiger partial charge in [0.05, 0.1) is 18.0 Å². The largest absolute Gasteiger partial charge is 0.468 e. The standard InChI is InChI=1S/C18H20N6O2/c25-18(14-5-3-6-15(11-14)24-13-20-21-22-24)19-12-16(17-7-4-10-26-17)23-8-1-2-9-23/h3-7,10-11,13,16H,1-2,8-9,12H2,(H,19,25)/t16-/m0/s1. The van der Waals surface area contributed by atoms with Gasteiger partial charge in [0.15, 0.2) is 0 Å². The summed E-state index contributed by atoms with van der Waals surface area (Å²) in [6, 6.07) is 11.1. The molecule has 3 aromatic rings. The lowest BCUT2D eigenvalue weighted by molar-refractivity contribution is 0.0933. The van der Waals surface area contributed by atoms with E-state index < -0.39 is 0 Å². The third-order valence-corrected chi connectivity index (χ3v) is 4.63. The third-order valence-electron chi connectivity index (χ3n) is 4.63. The quantitative estimate of drug-likeness (QED) is 0.728. The summed E-state index contributed by atoms with van der Waals surface area (Å²) in [7, 11) is 0. The van der Waals surface area contributed by atoms with Crippen molar-refractivity contribution in [3.05, 3.63) is 60.3 Å². The molecule has 1 amide bonds. The molecule has 0 radical (unpaired) electrons. The van der Waals surface area contributed by atoms with E-state index in [1.165, 1.54) is 23.9 Å². The molecule has 1 aliphatic heterocycles. The van der Waals surface area contributed by atoms with Gasteiger partial charge in [-0.25, -0.2) is 4.68 Å². The number of nitrogens with one attached hydrogen (secondary N) is 1. The monoisotopic (exact) mass is 352 g/mol. The van der Waals surface area contributed by atoms with E-state index in [0.717, 1.165) is 24.5 Å². The van der Waals surface area contributed by atoms with Crippen molar-refractivity contribution >= 4 is 5.91 Å². The van der Waals surface area contributed by atoms with E-state index in [1.54, 1.807) is 18.4 Å². The first-order chi connectivity index (χ1) is 12.8. The summed E-state index contributed by atoms with van der Waals surface area (Å²) in [6.45, 7) is 2.55. The predicted octanol–water partition coefficient (Wildman–Crippen LogP) is 1.82. The maximum atomic E-state index is 12.6. The highest BCUT2D eigenvalue weighted by Gasteiger charge is 2.26. The first-order valence-corrected chi connectivity index (χ1v) is 8.70. The van der Waals surface area contributed by atoms with Crippen LogP contribution >= 0.6 is 0 Å². The first-order valence-electron chi connectivity index (χ1n) is 8.70. The molecule has 1 N–H and O–H groups in total. The minimum absolute atomic E-state index is 0.0548. The van der Waals surface area contributed by atoms with Crippen LogP contribution in [-0.4, -0.2) is 50.6 Å². The van der Waals surface area contributed by atoms with E-state index in [4.69, 9.17) is 4.42 Å². The smallest absolute Gasteiger partial charge is 0.251 e. The zero-order chi connectivity index (χ0) is 17.8. The van der Waals surface area contributed by atoms with Crippen molar-refractivity contribution in [1.29, 1.82) is 0 Å². The number of benzene rings is 1. The Morgan fingerprint density at radius 2 is 2.12 bits per heavy atom. The van der Waals surface area contributed by atoms with Crippen molar-refractivity contribution in [2.45, 2.75) is 18.9 Å². The van der Waals surface area contributed by atoms with Crippen LogP contribution in [0.4, 0.5) is 0 Å². The van der Waals surface area contributed by atoms with Gasteiger partial charge in [-0.15, -0.1) is 5.10 Å². The first kappa shape index (κ1) is 16.5. The van der Waals surface area contributed by atoms with Crippen molar-refractivity contribution in [1.82, 2.24) is 30.4 Å². The third kappa shape index (κ3) is 3.50. The number of furan rings is 1. The van der Waals surface area contributed by atoms with E-state index in [1.807, 2.05) is 24.3 Å². The van der Waals surface area contributed by atoms with E-state index in [-0.39, 0.29) is 11.9 Å². The Labute approximate surface area is 150 Å². The molecule has 134 valence electrons. The molecule has 2 aromatic heterocycles. The van der Waals surface area contributed by atoms with Crippen LogP contribution in [0, 0.1) is 0 Å². The molecule has 0 aliphatic carbocycles. The fourth-order valence-corrected chi connectivity index (χ4v) is 3.30. The Kier molecular flexibility index (Phi) is 4.74. The maximum absolute atomic E-state index is 12.6. The number of likely N-dealkylation sites (tertiary alicyclic amines) is 1. The molecular formula is C18H20N6O2. The summed E-state index contributed by atoms with van der Waals surface area (Å²) < 4.78 is 7.12. The summed E-state index contributed by atoms with van der Waals surface area (Å²) in [5.74, 6) is 0.755. The number of aromatic nitrogens is 4. The zero-order valence-corrected chi connectivity index (χ0v) is 14.3. The predicted molar refractivity (Wildman–Crippen MR) is 93.7 cm³/mol. The Morgan fingerprint density at radius 3 is 2.85 bits per heavy atom. The van der Waals surface area contributed by atoms with Gasteiger partial charge in [-0.05, 0) is 66.7 Å². The fourth-order valence-electron chi connectivity index (χ4n) is 3.30. The highest BCUT2D eigenvalue weighted by Crippen LogP contribution is 2.25. The molecule has 3 heterocycles. The van der Waals surface area contributed by atoms with Crippen molar-refractivity contribution < 1.29 is 9.21 Å². The van der Waals surface area contributed by atoms with Gasteiger partial charge < -0.3 is 9.73 Å². The molecule has 8 heteroatoms. The molecule has 0 unspecified atom stereocenters. The summed E-state index contributed by atoms with van der Waals surface area (Å²) in [5.41, 5.74) is 1.31.